The second kappa shape index (κ2) is 68.0. The Labute approximate surface area is 504 Å². The molecule has 6 heteroatoms. The van der Waals surface area contributed by atoms with Crippen LogP contribution in [-0.2, 0) is 28.6 Å². The predicted molar refractivity (Wildman–Crippen MR) is 357 cm³/mol. The maximum atomic E-state index is 12.9. The summed E-state index contributed by atoms with van der Waals surface area (Å²) < 4.78 is 16.8. The van der Waals surface area contributed by atoms with Gasteiger partial charge in [-0.15, -0.1) is 0 Å². The molecule has 0 aliphatic carbocycles. The third kappa shape index (κ3) is 65.3. The molecule has 6 nitrogen and oxygen atoms in total. The molecule has 458 valence electrons. The summed E-state index contributed by atoms with van der Waals surface area (Å²) in [5.74, 6) is -0.960. The van der Waals surface area contributed by atoms with Gasteiger partial charge in [0, 0.05) is 19.3 Å². The summed E-state index contributed by atoms with van der Waals surface area (Å²) in [4.78, 5) is 38.0. The average molecular weight is 1130 g/mol. The van der Waals surface area contributed by atoms with E-state index in [0.717, 1.165) is 167 Å². The van der Waals surface area contributed by atoms with Crippen LogP contribution in [0, 0.1) is 0 Å². The van der Waals surface area contributed by atoms with Crippen LogP contribution in [0.4, 0.5) is 0 Å². The number of hydrogen-bond acceptors (Lipinski definition) is 6. The Bertz CT molecular complexity index is 1920. The number of esters is 3. The predicted octanol–water partition coefficient (Wildman–Crippen LogP) is 22.8. The molecule has 82 heavy (non-hydrogen) atoms. The van der Waals surface area contributed by atoms with Crippen molar-refractivity contribution in [2.24, 2.45) is 0 Å². The van der Waals surface area contributed by atoms with Gasteiger partial charge >= 0.3 is 17.9 Å². The molecule has 0 fully saturated rings. The van der Waals surface area contributed by atoms with Crippen LogP contribution in [0.25, 0.3) is 0 Å². The summed E-state index contributed by atoms with van der Waals surface area (Å²) in [7, 11) is 0. The number of carbonyl (C=O) groups excluding carboxylic acids is 3. The highest BCUT2D eigenvalue weighted by atomic mass is 16.6. The van der Waals surface area contributed by atoms with E-state index in [4.69, 9.17) is 14.2 Å². The molecule has 0 aromatic heterocycles. The lowest BCUT2D eigenvalue weighted by atomic mass is 10.1. The van der Waals surface area contributed by atoms with Crippen LogP contribution < -0.4 is 0 Å². The third-order valence-corrected chi connectivity index (χ3v) is 13.2. The van der Waals surface area contributed by atoms with Crippen molar-refractivity contribution in [3.05, 3.63) is 182 Å². The summed E-state index contributed by atoms with van der Waals surface area (Å²) in [6, 6.07) is 0. The first kappa shape index (κ1) is 76.5. The topological polar surface area (TPSA) is 78.9 Å². The molecule has 0 bridgehead atoms. The minimum absolute atomic E-state index is 0.100. The summed E-state index contributed by atoms with van der Waals surface area (Å²) in [6.45, 7) is 6.30. The Morgan fingerprint density at radius 3 is 0.756 bits per heavy atom. The SMILES string of the molecule is CC/C=C\C/C=C\C/C=C\C/C=C\C/C=C\C/C=C\C/C=C\C/C=C\C/C=C\CCCCCC(=O)OCC(COC(=O)CCCCCCCC)OC(=O)CCCCCCCCCC/C=C\C/C=C\C/C=C\C/C=C\C/C=C\C/C=C\CC. The largest absolute Gasteiger partial charge is 0.462 e. The van der Waals surface area contributed by atoms with Gasteiger partial charge in [-0.05, 0) is 141 Å². The second-order valence-corrected chi connectivity index (χ2v) is 20.9. The van der Waals surface area contributed by atoms with Crippen LogP contribution in [0.3, 0.4) is 0 Å². The van der Waals surface area contributed by atoms with Gasteiger partial charge in [-0.2, -0.15) is 0 Å². The molecule has 0 amide bonds. The van der Waals surface area contributed by atoms with Gasteiger partial charge in [0.25, 0.3) is 0 Å². The first-order valence-electron chi connectivity index (χ1n) is 32.8. The van der Waals surface area contributed by atoms with Crippen molar-refractivity contribution in [1.29, 1.82) is 0 Å². The minimum atomic E-state index is -0.804. The highest BCUT2D eigenvalue weighted by Gasteiger charge is 2.19. The fourth-order valence-electron chi connectivity index (χ4n) is 8.32. The lowest BCUT2D eigenvalue weighted by Crippen LogP contribution is -2.30. The van der Waals surface area contributed by atoms with Crippen molar-refractivity contribution in [3.8, 4) is 0 Å². The van der Waals surface area contributed by atoms with E-state index in [-0.39, 0.29) is 31.1 Å². The van der Waals surface area contributed by atoms with Crippen molar-refractivity contribution >= 4 is 17.9 Å². The monoisotopic (exact) mass is 1130 g/mol. The second-order valence-electron chi connectivity index (χ2n) is 20.9. The van der Waals surface area contributed by atoms with Gasteiger partial charge in [-0.1, -0.05) is 280 Å². The van der Waals surface area contributed by atoms with Crippen molar-refractivity contribution in [3.63, 3.8) is 0 Å². The summed E-state index contributed by atoms with van der Waals surface area (Å²) in [5, 5.41) is 0. The van der Waals surface area contributed by atoms with Crippen LogP contribution in [0.15, 0.2) is 182 Å². The van der Waals surface area contributed by atoms with Crippen molar-refractivity contribution in [1.82, 2.24) is 0 Å². The lowest BCUT2D eigenvalue weighted by Gasteiger charge is -2.18. The lowest BCUT2D eigenvalue weighted by molar-refractivity contribution is -0.167. The molecule has 0 heterocycles. The molecule has 1 unspecified atom stereocenters. The maximum absolute atomic E-state index is 12.9. The van der Waals surface area contributed by atoms with Gasteiger partial charge in [0.2, 0.25) is 0 Å². The highest BCUT2D eigenvalue weighted by molar-refractivity contribution is 5.71. The third-order valence-electron chi connectivity index (χ3n) is 13.2. The van der Waals surface area contributed by atoms with E-state index in [1.54, 1.807) is 0 Å². The summed E-state index contributed by atoms with van der Waals surface area (Å²) in [6.07, 6.45) is 102. The van der Waals surface area contributed by atoms with E-state index in [1.807, 2.05) is 0 Å². The number of hydrogen-bond donors (Lipinski definition) is 0. The van der Waals surface area contributed by atoms with Crippen molar-refractivity contribution in [2.75, 3.05) is 13.2 Å². The Morgan fingerprint density at radius 1 is 0.256 bits per heavy atom. The molecule has 0 N–H and O–H groups in total. The zero-order valence-corrected chi connectivity index (χ0v) is 52.4. The van der Waals surface area contributed by atoms with Crippen LogP contribution in [0.5, 0.6) is 0 Å². The van der Waals surface area contributed by atoms with Gasteiger partial charge in [0.15, 0.2) is 6.10 Å². The first-order chi connectivity index (χ1) is 40.5. The first-order valence-corrected chi connectivity index (χ1v) is 32.8. The fourth-order valence-corrected chi connectivity index (χ4v) is 8.32. The quantitative estimate of drug-likeness (QED) is 0.0261. The Morgan fingerprint density at radius 2 is 0.476 bits per heavy atom. The van der Waals surface area contributed by atoms with Crippen LogP contribution >= 0.6 is 0 Å². The molecule has 0 rings (SSSR count). The van der Waals surface area contributed by atoms with Gasteiger partial charge < -0.3 is 14.2 Å². The van der Waals surface area contributed by atoms with E-state index in [2.05, 4.69) is 203 Å². The molecule has 0 aliphatic rings. The maximum Gasteiger partial charge on any atom is 0.306 e. The van der Waals surface area contributed by atoms with Gasteiger partial charge in [0.05, 0.1) is 0 Å². The molecular formula is C76H118O6. The molecule has 0 aliphatic heterocycles. The van der Waals surface area contributed by atoms with E-state index in [1.165, 1.54) is 51.4 Å². The Balaban J connectivity index is 4.24. The van der Waals surface area contributed by atoms with E-state index in [9.17, 15) is 14.4 Å². The van der Waals surface area contributed by atoms with E-state index >= 15 is 0 Å². The van der Waals surface area contributed by atoms with Gasteiger partial charge in [-0.25, -0.2) is 0 Å². The van der Waals surface area contributed by atoms with Gasteiger partial charge in [-0.3, -0.25) is 14.4 Å². The van der Waals surface area contributed by atoms with Crippen LogP contribution in [0.1, 0.15) is 258 Å². The zero-order chi connectivity index (χ0) is 59.2. The molecule has 0 saturated carbocycles. The van der Waals surface area contributed by atoms with Crippen molar-refractivity contribution < 1.29 is 28.6 Å². The summed E-state index contributed by atoms with van der Waals surface area (Å²) >= 11 is 0. The molecule has 0 spiro atoms. The zero-order valence-electron chi connectivity index (χ0n) is 52.4. The van der Waals surface area contributed by atoms with E-state index in [0.29, 0.717) is 19.3 Å². The number of rotatable bonds is 57. The Kier molecular flexibility index (Phi) is 63.5. The Hall–Kier alpha value is -5.49. The van der Waals surface area contributed by atoms with Crippen molar-refractivity contribution in [2.45, 2.75) is 264 Å². The minimum Gasteiger partial charge on any atom is -0.462 e. The molecule has 0 saturated heterocycles. The molecule has 1 atom stereocenters. The van der Waals surface area contributed by atoms with Crippen LogP contribution in [-0.4, -0.2) is 37.2 Å². The number of unbranched alkanes of at least 4 members (excludes halogenated alkanes) is 16. The normalized spacial score (nSPS) is 13.4. The molecular weight excluding hydrogens is 1010 g/mol. The standard InChI is InChI=1S/C76H118O6/c1-4-7-10-13-16-18-20-22-24-26-28-30-32-34-36-37-38-39-41-42-44-46-48-50-52-54-56-58-60-63-66-69-75(78)81-72-73(71-80-74(77)68-65-62-15-12-9-6-3)82-76(79)70-67-64-61-59-57-55-53-51-49-47-45-43-40-35-33-31-29-27-25-23-21-19-17-14-11-8-5-2/h7-8,10-11,16-19,22-25,28-31,34-36,38-40,42,44-45,47-48,50,54,56,73H,4-6,9,12-15,20-21,26-27,32-33,37,41,43,46,49,51-53,55,57-72H2,1-3H3/b10-7-,11-8-,18-16-,19-17-,24-22-,25-23-,30-28-,31-29-,36-34-,39-38-,40-35-,44-42-,47-45-,50-48-,56-54-. The summed E-state index contributed by atoms with van der Waals surface area (Å²) in [5.41, 5.74) is 0. The van der Waals surface area contributed by atoms with Crippen LogP contribution in [0.2, 0.25) is 0 Å². The molecule has 0 aromatic rings. The highest BCUT2D eigenvalue weighted by Crippen LogP contribution is 2.14. The number of ether oxygens (including phenoxy) is 3. The average Bonchev–Trinajstić information content (AvgIpc) is 3.47. The molecule has 0 radical (unpaired) electrons. The number of carbonyl (C=O) groups is 3. The fraction of sp³-hybridized carbons (Fsp3) is 0.566. The number of allylic oxidation sites excluding steroid dienone is 30. The smallest absolute Gasteiger partial charge is 0.306 e. The van der Waals surface area contributed by atoms with E-state index < -0.39 is 6.10 Å². The van der Waals surface area contributed by atoms with Gasteiger partial charge in [0.1, 0.15) is 13.2 Å². The molecule has 0 aromatic carbocycles.